The number of aliphatic hydroxyl groups is 1. The molecule has 3 N–H and O–H groups in total. The van der Waals surface area contributed by atoms with Gasteiger partial charge >= 0.3 is 0 Å². The molecule has 3 nitrogen and oxygen atoms in total. The third-order valence-electron chi connectivity index (χ3n) is 3.33. The summed E-state index contributed by atoms with van der Waals surface area (Å²) < 4.78 is 5.59. The second-order valence-electron chi connectivity index (χ2n) is 4.58. The largest absolute Gasteiger partial charge is 0.463 e. The van der Waals surface area contributed by atoms with Crippen LogP contribution in [0.1, 0.15) is 36.0 Å². The fraction of sp³-hybridized carbons (Fsp3) is 0.333. The van der Waals surface area contributed by atoms with Gasteiger partial charge in [0.1, 0.15) is 17.6 Å². The Labute approximate surface area is 128 Å². The number of hydrogen-bond donors (Lipinski definition) is 2. The van der Waals surface area contributed by atoms with Gasteiger partial charge in [-0.2, -0.15) is 0 Å². The van der Waals surface area contributed by atoms with Crippen molar-refractivity contribution < 1.29 is 9.52 Å². The molecule has 0 aliphatic carbocycles. The second-order valence-corrected chi connectivity index (χ2v) is 5.39. The predicted octanol–water partition coefficient (Wildman–Crippen LogP) is 3.92. The average molecular weight is 314 g/mol. The van der Waals surface area contributed by atoms with Crippen molar-refractivity contribution in [3.63, 3.8) is 0 Å². The van der Waals surface area contributed by atoms with Gasteiger partial charge in [-0.3, -0.25) is 0 Å². The van der Waals surface area contributed by atoms with Gasteiger partial charge in [0, 0.05) is 28.9 Å². The van der Waals surface area contributed by atoms with Crippen molar-refractivity contribution in [3.05, 3.63) is 57.5 Å². The summed E-state index contributed by atoms with van der Waals surface area (Å²) in [7, 11) is 0. The molecule has 1 aromatic heterocycles. The Kier molecular flexibility index (Phi) is 5.11. The summed E-state index contributed by atoms with van der Waals surface area (Å²) in [4.78, 5) is 0. The molecule has 1 aromatic carbocycles. The van der Waals surface area contributed by atoms with Crippen molar-refractivity contribution in [3.8, 4) is 0 Å². The highest BCUT2D eigenvalue weighted by atomic mass is 35.5. The lowest BCUT2D eigenvalue weighted by Crippen LogP contribution is -2.20. The van der Waals surface area contributed by atoms with Crippen LogP contribution in [0.3, 0.4) is 0 Å². The lowest BCUT2D eigenvalue weighted by atomic mass is 9.92. The van der Waals surface area contributed by atoms with Crippen LogP contribution >= 0.6 is 23.2 Å². The first-order valence-corrected chi connectivity index (χ1v) is 7.24. The molecular formula is C15H17Cl2NO2. The molecule has 0 aliphatic rings. The van der Waals surface area contributed by atoms with Gasteiger partial charge in [0.2, 0.25) is 0 Å². The van der Waals surface area contributed by atoms with E-state index < -0.39 is 12.0 Å². The van der Waals surface area contributed by atoms with Crippen LogP contribution in [-0.2, 0) is 6.42 Å². The van der Waals surface area contributed by atoms with Gasteiger partial charge in [0.05, 0.1) is 0 Å². The molecule has 0 radical (unpaired) electrons. The lowest BCUT2D eigenvalue weighted by molar-refractivity contribution is 0.120. The van der Waals surface area contributed by atoms with E-state index in [2.05, 4.69) is 0 Å². The summed E-state index contributed by atoms with van der Waals surface area (Å²) in [6, 6.07) is 8.84. The number of aliphatic hydroxyl groups excluding tert-OH is 1. The van der Waals surface area contributed by atoms with Crippen LogP contribution < -0.4 is 5.73 Å². The second kappa shape index (κ2) is 6.64. The summed E-state index contributed by atoms with van der Waals surface area (Å²) in [5.41, 5.74) is 6.45. The van der Waals surface area contributed by atoms with Crippen LogP contribution in [-0.4, -0.2) is 11.7 Å². The fourth-order valence-corrected chi connectivity index (χ4v) is 2.89. The van der Waals surface area contributed by atoms with Gasteiger partial charge < -0.3 is 15.3 Å². The Morgan fingerprint density at radius 3 is 2.35 bits per heavy atom. The molecule has 5 heteroatoms. The summed E-state index contributed by atoms with van der Waals surface area (Å²) in [6.07, 6.45) is -0.106. The highest BCUT2D eigenvalue weighted by Gasteiger charge is 2.27. The number of rotatable bonds is 5. The van der Waals surface area contributed by atoms with Crippen LogP contribution in [0.4, 0.5) is 0 Å². The van der Waals surface area contributed by atoms with Crippen LogP contribution in [0, 0.1) is 0 Å². The number of furan rings is 1. The zero-order valence-corrected chi connectivity index (χ0v) is 12.7. The Bertz CT molecular complexity index is 563. The maximum Gasteiger partial charge on any atom is 0.133 e. The molecule has 2 rings (SSSR count). The van der Waals surface area contributed by atoms with E-state index >= 15 is 0 Å². The normalized spacial score (nSPS) is 14.2. The van der Waals surface area contributed by atoms with E-state index in [9.17, 15) is 5.11 Å². The molecule has 0 aliphatic heterocycles. The predicted molar refractivity (Wildman–Crippen MR) is 81.3 cm³/mol. The molecule has 108 valence electrons. The first-order chi connectivity index (χ1) is 9.58. The highest BCUT2D eigenvalue weighted by molar-refractivity contribution is 6.36. The Balaban J connectivity index is 2.36. The van der Waals surface area contributed by atoms with E-state index in [0.29, 0.717) is 21.4 Å². The Morgan fingerprint density at radius 2 is 1.85 bits per heavy atom. The average Bonchev–Trinajstić information content (AvgIpc) is 2.91. The van der Waals surface area contributed by atoms with Gasteiger partial charge in [-0.1, -0.05) is 36.2 Å². The molecule has 0 saturated carbocycles. The highest BCUT2D eigenvalue weighted by Crippen LogP contribution is 2.38. The van der Waals surface area contributed by atoms with Gasteiger partial charge in [-0.15, -0.1) is 0 Å². The summed E-state index contributed by atoms with van der Waals surface area (Å²) in [5.74, 6) is 0.889. The van der Waals surface area contributed by atoms with Crippen molar-refractivity contribution in [1.29, 1.82) is 0 Å². The van der Waals surface area contributed by atoms with Gasteiger partial charge in [-0.05, 0) is 29.8 Å². The van der Waals surface area contributed by atoms with Crippen LogP contribution in [0.2, 0.25) is 10.0 Å². The first-order valence-electron chi connectivity index (χ1n) is 6.49. The van der Waals surface area contributed by atoms with Crippen molar-refractivity contribution in [2.24, 2.45) is 5.73 Å². The molecule has 2 aromatic rings. The van der Waals surface area contributed by atoms with Gasteiger partial charge in [0.25, 0.3) is 0 Å². The van der Waals surface area contributed by atoms with E-state index in [1.54, 1.807) is 24.3 Å². The van der Waals surface area contributed by atoms with Crippen molar-refractivity contribution in [2.75, 3.05) is 6.54 Å². The minimum atomic E-state index is -0.877. The minimum absolute atomic E-state index is 0.215. The van der Waals surface area contributed by atoms with Crippen LogP contribution in [0.25, 0.3) is 0 Å². The van der Waals surface area contributed by atoms with Gasteiger partial charge in [0.15, 0.2) is 0 Å². The molecule has 0 bridgehead atoms. The van der Waals surface area contributed by atoms with E-state index in [0.717, 1.165) is 12.2 Å². The van der Waals surface area contributed by atoms with Crippen molar-refractivity contribution >= 4 is 23.2 Å². The molecule has 0 spiro atoms. The molecule has 1 heterocycles. The van der Waals surface area contributed by atoms with Crippen molar-refractivity contribution in [1.82, 2.24) is 0 Å². The number of hydrogen-bond acceptors (Lipinski definition) is 3. The molecule has 0 saturated heterocycles. The van der Waals surface area contributed by atoms with E-state index in [1.165, 1.54) is 0 Å². The standard InChI is InChI=1S/C15H17Cl2NO2/c1-2-9-6-7-13(20-9)15(19)10(8-18)14-11(16)4-3-5-12(14)17/h3-7,10,15,19H,2,8,18H2,1H3. The molecule has 2 atom stereocenters. The Morgan fingerprint density at radius 1 is 1.20 bits per heavy atom. The summed E-state index contributed by atoms with van der Waals surface area (Å²) in [5, 5.41) is 11.5. The van der Waals surface area contributed by atoms with Gasteiger partial charge in [-0.25, -0.2) is 0 Å². The number of aryl methyl sites for hydroxylation is 1. The van der Waals surface area contributed by atoms with Crippen LogP contribution in [0.5, 0.6) is 0 Å². The monoisotopic (exact) mass is 313 g/mol. The lowest BCUT2D eigenvalue weighted by Gasteiger charge is -2.22. The molecule has 0 fully saturated rings. The number of nitrogens with two attached hydrogens (primary N) is 1. The molecule has 0 amide bonds. The van der Waals surface area contributed by atoms with Crippen molar-refractivity contribution in [2.45, 2.75) is 25.4 Å². The third kappa shape index (κ3) is 3.01. The maximum absolute atomic E-state index is 10.5. The zero-order chi connectivity index (χ0) is 14.7. The Hall–Kier alpha value is -1.00. The molecule has 20 heavy (non-hydrogen) atoms. The third-order valence-corrected chi connectivity index (χ3v) is 3.99. The quantitative estimate of drug-likeness (QED) is 0.879. The molecular weight excluding hydrogens is 297 g/mol. The number of halogens is 2. The van der Waals surface area contributed by atoms with E-state index in [1.807, 2.05) is 13.0 Å². The SMILES string of the molecule is CCc1ccc(C(O)C(CN)c2c(Cl)cccc2Cl)o1. The summed E-state index contributed by atoms with van der Waals surface area (Å²) >= 11 is 12.4. The summed E-state index contributed by atoms with van der Waals surface area (Å²) in [6.45, 7) is 2.20. The maximum atomic E-state index is 10.5. The van der Waals surface area contributed by atoms with E-state index in [4.69, 9.17) is 33.4 Å². The smallest absolute Gasteiger partial charge is 0.133 e. The topological polar surface area (TPSA) is 59.4 Å². The molecule has 2 unspecified atom stereocenters. The number of benzene rings is 1. The zero-order valence-electron chi connectivity index (χ0n) is 11.1. The van der Waals surface area contributed by atoms with Crippen LogP contribution in [0.15, 0.2) is 34.7 Å². The first kappa shape index (κ1) is 15.4. The fourth-order valence-electron chi connectivity index (χ4n) is 2.21. The van der Waals surface area contributed by atoms with E-state index in [-0.39, 0.29) is 6.54 Å². The minimum Gasteiger partial charge on any atom is -0.463 e.